The predicted octanol–water partition coefficient (Wildman–Crippen LogP) is 10.6. The minimum atomic E-state index is -0.207. The van der Waals surface area contributed by atoms with E-state index in [1.807, 2.05) is 12.3 Å². The molecule has 3 aromatic rings. The van der Waals surface area contributed by atoms with Crippen LogP contribution in [0.25, 0.3) is 0 Å². The molecule has 6 heteroatoms. The summed E-state index contributed by atoms with van der Waals surface area (Å²) in [7, 11) is -0.413. The highest BCUT2D eigenvalue weighted by Gasteiger charge is 2.35. The van der Waals surface area contributed by atoms with E-state index >= 15 is 0 Å². The van der Waals surface area contributed by atoms with Gasteiger partial charge >= 0.3 is 0 Å². The molecule has 0 aromatic carbocycles. The molecule has 0 spiro atoms. The van der Waals surface area contributed by atoms with Crippen molar-refractivity contribution < 1.29 is 0 Å². The third-order valence-electron chi connectivity index (χ3n) is 11.9. The Hall–Kier alpha value is -1.73. The van der Waals surface area contributed by atoms with E-state index in [2.05, 4.69) is 53.4 Å². The molecule has 4 fully saturated rings. The number of nitrogens with zero attached hydrogens (tertiary/aromatic N) is 4. The Balaban J connectivity index is 1.14. The van der Waals surface area contributed by atoms with Crippen molar-refractivity contribution in [3.63, 3.8) is 0 Å². The van der Waals surface area contributed by atoms with E-state index in [-0.39, 0.29) is 15.8 Å². The SMILES string of the molecule is c1ccc(CN(Cc2cccc(P(C3CCCCC3)C3CCCCC3)n2)Cc2cccc(P(C3CCCCC3)C3CCCCC3)n2)nc1. The summed E-state index contributed by atoms with van der Waals surface area (Å²) in [6.07, 6.45) is 30.4. The van der Waals surface area contributed by atoms with Gasteiger partial charge in [0.25, 0.3) is 0 Å². The zero-order valence-electron chi connectivity index (χ0n) is 29.5. The third-order valence-corrected chi connectivity index (χ3v) is 18.6. The molecule has 7 rings (SSSR count). The van der Waals surface area contributed by atoms with Crippen LogP contribution in [-0.4, -0.2) is 42.5 Å². The summed E-state index contributed by atoms with van der Waals surface area (Å²) in [6.45, 7) is 2.50. The van der Waals surface area contributed by atoms with Gasteiger partial charge in [-0.05, 0) is 126 Å². The Bertz CT molecular complexity index is 1260. The van der Waals surface area contributed by atoms with Crippen LogP contribution in [-0.2, 0) is 19.6 Å². The Morgan fingerprint density at radius 3 is 1.19 bits per heavy atom. The molecule has 0 bridgehead atoms. The molecule has 4 nitrogen and oxygen atoms in total. The average Bonchev–Trinajstić information content (AvgIpc) is 3.14. The maximum atomic E-state index is 5.56. The second kappa shape index (κ2) is 18.0. The lowest BCUT2D eigenvalue weighted by Gasteiger charge is -2.38. The van der Waals surface area contributed by atoms with Gasteiger partial charge in [-0.25, -0.2) is 0 Å². The topological polar surface area (TPSA) is 41.9 Å². The highest BCUT2D eigenvalue weighted by atomic mass is 31.1. The highest BCUT2D eigenvalue weighted by molar-refractivity contribution is 7.67. The average molecular weight is 683 g/mol. The van der Waals surface area contributed by atoms with E-state index in [0.29, 0.717) is 0 Å². The van der Waals surface area contributed by atoms with Gasteiger partial charge < -0.3 is 0 Å². The molecule has 0 atom stereocenters. The predicted molar refractivity (Wildman–Crippen MR) is 206 cm³/mol. The van der Waals surface area contributed by atoms with Crippen molar-refractivity contribution in [1.82, 2.24) is 19.9 Å². The Morgan fingerprint density at radius 1 is 0.438 bits per heavy atom. The molecule has 0 saturated heterocycles. The van der Waals surface area contributed by atoms with Gasteiger partial charge in [-0.3, -0.25) is 19.9 Å². The van der Waals surface area contributed by atoms with E-state index in [1.54, 1.807) is 0 Å². The van der Waals surface area contributed by atoms with Crippen LogP contribution in [0.1, 0.15) is 145 Å². The molecule has 0 aliphatic heterocycles. The van der Waals surface area contributed by atoms with Crippen LogP contribution in [0.2, 0.25) is 0 Å². The van der Waals surface area contributed by atoms with Crippen molar-refractivity contribution in [2.75, 3.05) is 0 Å². The molecule has 4 aliphatic rings. The van der Waals surface area contributed by atoms with Gasteiger partial charge in [-0.2, -0.15) is 0 Å². The number of hydrogen-bond acceptors (Lipinski definition) is 4. The normalized spacial score (nSPS) is 21.0. The van der Waals surface area contributed by atoms with Crippen LogP contribution in [0.15, 0.2) is 60.8 Å². The molecule has 0 unspecified atom stereocenters. The fourth-order valence-electron chi connectivity index (χ4n) is 9.53. The van der Waals surface area contributed by atoms with Gasteiger partial charge in [0.05, 0.1) is 28.0 Å². The lowest BCUT2D eigenvalue weighted by molar-refractivity contribution is 0.239. The molecule has 3 aromatic heterocycles. The Labute approximate surface area is 294 Å². The number of pyridine rings is 3. The maximum Gasteiger partial charge on any atom is 0.0640 e. The molecule has 0 amide bonds. The molecule has 4 aliphatic carbocycles. The van der Waals surface area contributed by atoms with Crippen molar-refractivity contribution in [3.05, 3.63) is 77.9 Å². The zero-order chi connectivity index (χ0) is 32.4. The van der Waals surface area contributed by atoms with Gasteiger partial charge in [0, 0.05) is 25.8 Å². The van der Waals surface area contributed by atoms with E-state index in [0.717, 1.165) is 48.0 Å². The summed E-state index contributed by atoms with van der Waals surface area (Å²) >= 11 is 0. The molecular formula is C42H60N4P2. The Morgan fingerprint density at radius 2 is 0.812 bits per heavy atom. The zero-order valence-corrected chi connectivity index (χ0v) is 31.3. The number of hydrogen-bond donors (Lipinski definition) is 0. The standard InChI is InChI=1S/C42H60N4P2/c1-5-20-37(21-6-1)47(38-22-7-2-8-23-38)41-28-15-18-35(44-41)32-46(31-34-17-13-14-30-43-34)33-36-19-16-29-42(45-36)48(39-24-9-3-10-25-39)40-26-11-4-12-27-40/h13-19,28-30,37-40H,1-12,20-27,31-33H2. The summed E-state index contributed by atoms with van der Waals surface area (Å²) in [5.41, 5.74) is 9.98. The number of aromatic nitrogens is 3. The van der Waals surface area contributed by atoms with Crippen molar-refractivity contribution >= 4 is 26.7 Å². The largest absolute Gasteiger partial charge is 0.286 e. The smallest absolute Gasteiger partial charge is 0.0640 e. The van der Waals surface area contributed by atoms with Crippen molar-refractivity contribution in [1.29, 1.82) is 0 Å². The van der Waals surface area contributed by atoms with Crippen LogP contribution in [0, 0.1) is 0 Å². The van der Waals surface area contributed by atoms with E-state index in [1.165, 1.54) is 151 Å². The quantitative estimate of drug-likeness (QED) is 0.178. The van der Waals surface area contributed by atoms with Gasteiger partial charge in [-0.15, -0.1) is 0 Å². The summed E-state index contributed by atoms with van der Waals surface area (Å²) < 4.78 is 0. The first-order valence-corrected chi connectivity index (χ1v) is 22.9. The van der Waals surface area contributed by atoms with Gasteiger partial charge in [-0.1, -0.05) is 95.2 Å². The summed E-state index contributed by atoms with van der Waals surface area (Å²) in [5, 5.41) is 0. The van der Waals surface area contributed by atoms with Crippen LogP contribution in [0.3, 0.4) is 0 Å². The first-order valence-electron chi connectivity index (χ1n) is 19.9. The second-order valence-electron chi connectivity index (χ2n) is 15.4. The van der Waals surface area contributed by atoms with Crippen LogP contribution in [0.4, 0.5) is 0 Å². The monoisotopic (exact) mass is 682 g/mol. The molecular weight excluding hydrogens is 622 g/mol. The van der Waals surface area contributed by atoms with Crippen LogP contribution in [0.5, 0.6) is 0 Å². The minimum absolute atomic E-state index is 0.207. The number of rotatable bonds is 12. The van der Waals surface area contributed by atoms with Crippen molar-refractivity contribution in [2.45, 2.75) is 171 Å². The summed E-state index contributed by atoms with van der Waals surface area (Å²) in [5.74, 6) is 0. The molecule has 258 valence electrons. The fraction of sp³-hybridized carbons (Fsp3) is 0.643. The van der Waals surface area contributed by atoms with Crippen molar-refractivity contribution in [3.8, 4) is 0 Å². The first kappa shape index (κ1) is 34.7. The Kier molecular flexibility index (Phi) is 13.0. The summed E-state index contributed by atoms with van der Waals surface area (Å²) in [6, 6.07) is 20.4. The van der Waals surface area contributed by atoms with E-state index in [4.69, 9.17) is 15.0 Å². The first-order chi connectivity index (χ1) is 23.8. The van der Waals surface area contributed by atoms with Crippen LogP contribution < -0.4 is 10.9 Å². The van der Waals surface area contributed by atoms with E-state index in [9.17, 15) is 0 Å². The van der Waals surface area contributed by atoms with E-state index < -0.39 is 0 Å². The molecule has 4 saturated carbocycles. The van der Waals surface area contributed by atoms with Gasteiger partial charge in [0.2, 0.25) is 0 Å². The lowest BCUT2D eigenvalue weighted by Crippen LogP contribution is -2.30. The maximum absolute atomic E-state index is 5.56. The van der Waals surface area contributed by atoms with Crippen LogP contribution >= 0.6 is 15.8 Å². The highest BCUT2D eigenvalue weighted by Crippen LogP contribution is 2.55. The second-order valence-corrected chi connectivity index (χ2v) is 20.9. The summed E-state index contributed by atoms with van der Waals surface area (Å²) in [4.78, 5) is 18.5. The molecule has 0 N–H and O–H groups in total. The van der Waals surface area contributed by atoms with Gasteiger partial charge in [0.1, 0.15) is 0 Å². The van der Waals surface area contributed by atoms with Gasteiger partial charge in [0.15, 0.2) is 0 Å². The van der Waals surface area contributed by atoms with Crippen molar-refractivity contribution in [2.24, 2.45) is 0 Å². The fourth-order valence-corrected chi connectivity index (χ4v) is 16.9. The molecule has 48 heavy (non-hydrogen) atoms. The third kappa shape index (κ3) is 9.33. The minimum Gasteiger partial charge on any atom is -0.286 e. The molecule has 0 radical (unpaired) electrons. The molecule has 3 heterocycles. The lowest BCUT2D eigenvalue weighted by atomic mass is 9.99.